The Hall–Kier alpha value is -1.72. The zero-order valence-corrected chi connectivity index (χ0v) is 14.7. The van der Waals surface area contributed by atoms with Gasteiger partial charge in [0, 0.05) is 38.1 Å². The molecule has 5 heteroatoms. The summed E-state index contributed by atoms with van der Waals surface area (Å²) < 4.78 is 5.90. The van der Waals surface area contributed by atoms with Gasteiger partial charge in [0.25, 0.3) is 0 Å². The molecule has 0 unspecified atom stereocenters. The van der Waals surface area contributed by atoms with Crippen molar-refractivity contribution in [3.63, 3.8) is 0 Å². The molecule has 3 aliphatic heterocycles. The van der Waals surface area contributed by atoms with Crippen molar-refractivity contribution in [2.45, 2.75) is 50.7 Å². The zero-order chi connectivity index (χ0) is 16.6. The zero-order valence-electron chi connectivity index (χ0n) is 14.7. The minimum Gasteiger partial charge on any atom is -0.424 e. The van der Waals surface area contributed by atoms with E-state index in [9.17, 15) is 0 Å². The van der Waals surface area contributed by atoms with E-state index in [-0.39, 0.29) is 0 Å². The molecule has 5 nitrogen and oxygen atoms in total. The summed E-state index contributed by atoms with van der Waals surface area (Å²) in [4.78, 5) is 5.23. The lowest BCUT2D eigenvalue weighted by Crippen LogP contribution is -2.43. The molecule has 0 amide bonds. The SMILES string of the molecule is c1ccc(CN2C[C@H]3CC[C@@H](C2)N(Cc2nnc(C4CC4)o2)C3)cc1. The Morgan fingerprint density at radius 3 is 2.64 bits per heavy atom. The Kier molecular flexibility index (Phi) is 4.06. The lowest BCUT2D eigenvalue weighted by Gasteiger charge is -2.35. The molecule has 4 heterocycles. The highest BCUT2D eigenvalue weighted by Gasteiger charge is 2.36. The summed E-state index contributed by atoms with van der Waals surface area (Å²) in [7, 11) is 0. The summed E-state index contributed by atoms with van der Waals surface area (Å²) in [5.74, 6) is 2.97. The normalized spacial score (nSPS) is 27.5. The summed E-state index contributed by atoms with van der Waals surface area (Å²) in [5, 5.41) is 8.55. The van der Waals surface area contributed by atoms with Crippen LogP contribution in [0.3, 0.4) is 0 Å². The van der Waals surface area contributed by atoms with E-state index in [2.05, 4.69) is 50.3 Å². The van der Waals surface area contributed by atoms with Crippen molar-refractivity contribution in [2.24, 2.45) is 5.92 Å². The smallest absolute Gasteiger partial charge is 0.230 e. The van der Waals surface area contributed by atoms with Crippen molar-refractivity contribution in [1.82, 2.24) is 20.0 Å². The van der Waals surface area contributed by atoms with Crippen LogP contribution in [-0.2, 0) is 13.1 Å². The fraction of sp³-hybridized carbons (Fsp3) is 0.600. The maximum absolute atomic E-state index is 5.90. The highest BCUT2D eigenvalue weighted by Crippen LogP contribution is 2.39. The van der Waals surface area contributed by atoms with Crippen molar-refractivity contribution >= 4 is 0 Å². The quantitative estimate of drug-likeness (QED) is 0.838. The summed E-state index contributed by atoms with van der Waals surface area (Å²) in [6.07, 6.45) is 5.07. The highest BCUT2D eigenvalue weighted by atomic mass is 16.4. The number of benzene rings is 1. The third-order valence-corrected chi connectivity index (χ3v) is 5.90. The molecule has 1 aliphatic carbocycles. The van der Waals surface area contributed by atoms with Gasteiger partial charge < -0.3 is 4.42 Å². The summed E-state index contributed by atoms with van der Waals surface area (Å²) in [5.41, 5.74) is 1.42. The van der Waals surface area contributed by atoms with Crippen LogP contribution in [0.5, 0.6) is 0 Å². The van der Waals surface area contributed by atoms with E-state index in [4.69, 9.17) is 4.42 Å². The maximum Gasteiger partial charge on any atom is 0.230 e. The first kappa shape index (κ1) is 15.5. The van der Waals surface area contributed by atoms with Gasteiger partial charge in [0.15, 0.2) is 0 Å². The van der Waals surface area contributed by atoms with Crippen molar-refractivity contribution in [3.8, 4) is 0 Å². The molecule has 132 valence electrons. The van der Waals surface area contributed by atoms with Crippen LogP contribution in [0.2, 0.25) is 0 Å². The van der Waals surface area contributed by atoms with Gasteiger partial charge in [-0.15, -0.1) is 10.2 Å². The van der Waals surface area contributed by atoms with Gasteiger partial charge in [-0.05, 0) is 37.2 Å². The molecular formula is C20H26N4O. The second kappa shape index (κ2) is 6.54. The molecule has 2 aromatic rings. The predicted molar refractivity (Wildman–Crippen MR) is 94.9 cm³/mol. The fourth-order valence-corrected chi connectivity index (χ4v) is 4.44. The largest absolute Gasteiger partial charge is 0.424 e. The molecule has 2 atom stereocenters. The summed E-state index contributed by atoms with van der Waals surface area (Å²) >= 11 is 0. The van der Waals surface area contributed by atoms with Crippen LogP contribution >= 0.6 is 0 Å². The molecule has 6 rings (SSSR count). The number of hydrogen-bond acceptors (Lipinski definition) is 5. The number of piperidine rings is 1. The van der Waals surface area contributed by atoms with Crippen molar-refractivity contribution in [3.05, 3.63) is 47.7 Å². The summed E-state index contributed by atoms with van der Waals surface area (Å²) in [6.45, 7) is 5.40. The second-order valence-corrected chi connectivity index (χ2v) is 8.01. The van der Waals surface area contributed by atoms with Crippen LogP contribution in [-0.4, -0.2) is 45.7 Å². The van der Waals surface area contributed by atoms with E-state index in [1.165, 1.54) is 37.8 Å². The van der Waals surface area contributed by atoms with Crippen LogP contribution in [0.25, 0.3) is 0 Å². The average molecular weight is 338 g/mol. The molecule has 0 spiro atoms. The maximum atomic E-state index is 5.90. The van der Waals surface area contributed by atoms with E-state index in [0.717, 1.165) is 43.9 Å². The highest BCUT2D eigenvalue weighted by molar-refractivity contribution is 5.14. The number of fused-ring (bicyclic) bond motifs is 4. The van der Waals surface area contributed by atoms with Crippen molar-refractivity contribution in [1.29, 1.82) is 0 Å². The molecule has 2 bridgehead atoms. The Bertz CT molecular complexity index is 711. The molecule has 4 fully saturated rings. The Labute approximate surface area is 149 Å². The molecule has 1 aromatic heterocycles. The molecule has 25 heavy (non-hydrogen) atoms. The third-order valence-electron chi connectivity index (χ3n) is 5.90. The molecule has 1 saturated carbocycles. The Morgan fingerprint density at radius 2 is 1.80 bits per heavy atom. The summed E-state index contributed by atoms with van der Waals surface area (Å²) in [6, 6.07) is 11.5. The minimum atomic E-state index is 0.545. The van der Waals surface area contributed by atoms with Gasteiger partial charge in [0.05, 0.1) is 6.54 Å². The van der Waals surface area contributed by atoms with Gasteiger partial charge in [0.1, 0.15) is 0 Å². The lowest BCUT2D eigenvalue weighted by atomic mass is 9.95. The number of rotatable bonds is 5. The lowest BCUT2D eigenvalue weighted by molar-refractivity contribution is 0.111. The first-order chi connectivity index (χ1) is 12.3. The van der Waals surface area contributed by atoms with Crippen LogP contribution in [0.15, 0.2) is 34.7 Å². The number of nitrogens with zero attached hydrogens (tertiary/aromatic N) is 4. The average Bonchev–Trinajstić information content (AvgIpc) is 3.42. The molecule has 3 saturated heterocycles. The van der Waals surface area contributed by atoms with Crippen LogP contribution < -0.4 is 0 Å². The Balaban J connectivity index is 1.25. The molecule has 0 N–H and O–H groups in total. The van der Waals surface area contributed by atoms with E-state index >= 15 is 0 Å². The van der Waals surface area contributed by atoms with Gasteiger partial charge in [-0.2, -0.15) is 0 Å². The van der Waals surface area contributed by atoms with Crippen LogP contribution in [0.1, 0.15) is 48.9 Å². The minimum absolute atomic E-state index is 0.545. The monoisotopic (exact) mass is 338 g/mol. The molecule has 1 aromatic carbocycles. The Morgan fingerprint density at radius 1 is 0.920 bits per heavy atom. The fourth-order valence-electron chi connectivity index (χ4n) is 4.44. The predicted octanol–water partition coefficient (Wildman–Crippen LogP) is 3.04. The number of hydrogen-bond donors (Lipinski definition) is 0. The van der Waals surface area contributed by atoms with Crippen molar-refractivity contribution < 1.29 is 4.42 Å². The topological polar surface area (TPSA) is 45.4 Å². The molecule has 4 aliphatic rings. The van der Waals surface area contributed by atoms with E-state index in [1.807, 2.05) is 0 Å². The second-order valence-electron chi connectivity index (χ2n) is 8.01. The first-order valence-electron chi connectivity index (χ1n) is 9.66. The van der Waals surface area contributed by atoms with E-state index in [0.29, 0.717) is 12.0 Å². The first-order valence-corrected chi connectivity index (χ1v) is 9.66. The van der Waals surface area contributed by atoms with E-state index in [1.54, 1.807) is 0 Å². The van der Waals surface area contributed by atoms with Gasteiger partial charge in [-0.1, -0.05) is 30.3 Å². The van der Waals surface area contributed by atoms with Crippen LogP contribution in [0, 0.1) is 5.92 Å². The van der Waals surface area contributed by atoms with Gasteiger partial charge >= 0.3 is 0 Å². The van der Waals surface area contributed by atoms with Crippen molar-refractivity contribution in [2.75, 3.05) is 19.6 Å². The van der Waals surface area contributed by atoms with Gasteiger partial charge in [0.2, 0.25) is 11.8 Å². The standard InChI is InChI=1S/C20H26N4O/c1-2-4-15(5-3-1)10-23-11-16-6-9-18(13-23)24(12-16)14-19-21-22-20(25-19)17-7-8-17/h1-5,16-18H,6-14H2/t16-,18+/m1/s1. The number of aromatic nitrogens is 2. The van der Waals surface area contributed by atoms with E-state index < -0.39 is 0 Å². The molecular weight excluding hydrogens is 312 g/mol. The van der Waals surface area contributed by atoms with Gasteiger partial charge in [-0.25, -0.2) is 0 Å². The van der Waals surface area contributed by atoms with Crippen LogP contribution in [0.4, 0.5) is 0 Å². The third kappa shape index (κ3) is 3.48. The molecule has 0 radical (unpaired) electrons. The van der Waals surface area contributed by atoms with Gasteiger partial charge in [-0.3, -0.25) is 9.80 Å².